The number of hydrogen-bond acceptors (Lipinski definition) is 26. The van der Waals surface area contributed by atoms with Gasteiger partial charge in [0.2, 0.25) is 16.6 Å². The number of Topliss-reactive ketones (excluding diaryl/α,β-unsaturated/α-hetero) is 1. The van der Waals surface area contributed by atoms with Crippen molar-refractivity contribution in [2.24, 2.45) is 20.4 Å². The van der Waals surface area contributed by atoms with Crippen LogP contribution in [0.3, 0.4) is 0 Å². The molecule has 376 valence electrons. The first-order valence-corrected chi connectivity index (χ1v) is 24.3. The number of hydrogen-bond donors (Lipinski definition) is 4. The van der Waals surface area contributed by atoms with Crippen LogP contribution in [0.15, 0.2) is 147 Å². The van der Waals surface area contributed by atoms with E-state index in [1.165, 1.54) is 39.5 Å². The first kappa shape index (κ1) is 66.3. The molecule has 2 aliphatic carbocycles. The number of nitrogens with zero attached hydrogens (tertiary/aromatic N) is 4. The molecule has 33 heteroatoms. The minimum absolute atomic E-state index is 0. The second kappa shape index (κ2) is 27.2. The molecule has 0 aromatic heterocycles. The van der Waals surface area contributed by atoms with E-state index in [1.54, 1.807) is 24.3 Å². The van der Waals surface area contributed by atoms with Gasteiger partial charge in [0.05, 0.1) is 76.0 Å². The van der Waals surface area contributed by atoms with Gasteiger partial charge in [0.15, 0.2) is 11.1 Å². The minimum atomic E-state index is -5.61. The molecule has 2 aliphatic rings. The van der Waals surface area contributed by atoms with Crippen LogP contribution in [0, 0.1) is 0 Å². The largest absolute Gasteiger partial charge is 1.00 e. The van der Waals surface area contributed by atoms with Crippen LogP contribution < -0.4 is 181 Å². The molecule has 0 saturated carbocycles. The molecule has 26 nitrogen and oxygen atoms in total. The molecule has 0 spiro atoms. The summed E-state index contributed by atoms with van der Waals surface area (Å²) in [4.78, 5) is 60.6. The fourth-order valence-corrected chi connectivity index (χ4v) is 8.47. The van der Waals surface area contributed by atoms with Crippen LogP contribution in [0.1, 0.15) is 15.9 Å². The Hall–Kier alpha value is -5.00. The third kappa shape index (κ3) is 15.4. The number of rotatable bonds is 16. The molecule has 0 amide bonds. The molecule has 5 aromatic carbocycles. The summed E-state index contributed by atoms with van der Waals surface area (Å²) >= 11 is 0. The predicted octanol–water partition coefficient (Wildman–Crippen LogP) is -12.2. The van der Waals surface area contributed by atoms with Gasteiger partial charge >= 0.3 is 118 Å². The fraction of sp³-hybridized carbons (Fsp3) is 0.0682. The molecule has 5 aromatic rings. The number of ether oxygens (including phenoxy) is 3. The minimum Gasteiger partial charge on any atom is -0.744 e. The van der Waals surface area contributed by atoms with Gasteiger partial charge in [0.1, 0.15) is 58.7 Å². The number of carboxylic acids is 1. The second-order valence-electron chi connectivity index (χ2n) is 14.8. The zero-order valence-corrected chi connectivity index (χ0v) is 51.6. The molecule has 0 unspecified atom stereocenters. The van der Waals surface area contributed by atoms with Crippen molar-refractivity contribution in [2.75, 3.05) is 43.0 Å². The van der Waals surface area contributed by atoms with E-state index in [2.05, 4.69) is 42.1 Å². The van der Waals surface area contributed by atoms with Crippen molar-refractivity contribution in [2.45, 2.75) is 9.79 Å². The fourth-order valence-electron chi connectivity index (χ4n) is 6.79. The van der Waals surface area contributed by atoms with Gasteiger partial charge in [-0.2, -0.15) is 20.4 Å². The third-order valence-electron chi connectivity index (χ3n) is 10.3. The number of hydrazone groups is 2. The molecule has 0 fully saturated rings. The Balaban J connectivity index is 0.00000390. The molecule has 0 atom stereocenters. The number of carbonyl (C=O) groups excluding carboxylic acids is 3. The second-order valence-corrected chi connectivity index (χ2v) is 18.9. The Morgan fingerprint density at radius 1 is 0.545 bits per heavy atom. The first-order chi connectivity index (χ1) is 34.4. The number of methoxy groups -OCH3 is 3. The van der Waals surface area contributed by atoms with Gasteiger partial charge in [0, 0.05) is 5.57 Å². The van der Waals surface area contributed by atoms with Crippen molar-refractivity contribution in [1.82, 2.24) is 0 Å². The maximum atomic E-state index is 14.3. The molecule has 7 rings (SSSR count). The summed E-state index contributed by atoms with van der Waals surface area (Å²) in [6.45, 7) is 0. The average molecular weight is 1150 g/mol. The summed E-state index contributed by atoms with van der Waals surface area (Å²) in [6.07, 6.45) is 3.93. The maximum Gasteiger partial charge on any atom is 1.00 e. The Morgan fingerprint density at radius 2 is 1.09 bits per heavy atom. The van der Waals surface area contributed by atoms with E-state index in [4.69, 9.17) is 14.2 Å². The predicted molar refractivity (Wildman–Crippen MR) is 251 cm³/mol. The SMILES string of the molecule is COc1cc(-c2ccc(N/N=C3/C(=O)c4c(cc(S(=O)(=O)[O-])cc4N/N=c4\ccc(=O)/c(=N\Nc5cc(S(=O)(=O)[O-])ccc5OC)c4=O)C=C3S(=O)(=O)[O-])c(OC)c2)ccc1N/N=C1/C=CC(=O)C(C(=O)[O-])=C1.[Na+].[Na+].[Na+].[Na+]. The summed E-state index contributed by atoms with van der Waals surface area (Å²) < 4.78 is 126. The van der Waals surface area contributed by atoms with Crippen LogP contribution >= 0.6 is 0 Å². The van der Waals surface area contributed by atoms with Crippen LogP contribution in [0.5, 0.6) is 17.2 Å². The van der Waals surface area contributed by atoms with E-state index >= 15 is 0 Å². The summed E-state index contributed by atoms with van der Waals surface area (Å²) in [5.74, 6) is -3.52. The van der Waals surface area contributed by atoms with Crippen molar-refractivity contribution in [1.29, 1.82) is 0 Å². The van der Waals surface area contributed by atoms with Gasteiger partial charge in [-0.3, -0.25) is 40.9 Å². The van der Waals surface area contributed by atoms with E-state index in [1.807, 2.05) is 0 Å². The quantitative estimate of drug-likeness (QED) is 0.0234. The number of ketones is 2. The van der Waals surface area contributed by atoms with E-state index in [0.717, 1.165) is 42.5 Å². The van der Waals surface area contributed by atoms with Crippen molar-refractivity contribution in [3.8, 4) is 28.4 Å². The van der Waals surface area contributed by atoms with Crippen molar-refractivity contribution >= 4 is 88.1 Å². The Kier molecular flexibility index (Phi) is 23.5. The Morgan fingerprint density at radius 3 is 1.64 bits per heavy atom. The number of anilines is 4. The smallest absolute Gasteiger partial charge is 0.744 e. The first-order valence-electron chi connectivity index (χ1n) is 20.1. The normalized spacial score (nSPS) is 14.6. The van der Waals surface area contributed by atoms with Crippen molar-refractivity contribution in [3.63, 3.8) is 0 Å². The zero-order chi connectivity index (χ0) is 53.2. The Bertz CT molecular complexity index is 3990. The van der Waals surface area contributed by atoms with Crippen LogP contribution in [0.2, 0.25) is 0 Å². The van der Waals surface area contributed by atoms with Crippen molar-refractivity contribution in [3.05, 3.63) is 150 Å². The maximum absolute atomic E-state index is 14.3. The van der Waals surface area contributed by atoms with Crippen LogP contribution in [0.25, 0.3) is 17.2 Å². The number of nitrogens with one attached hydrogen (secondary N) is 4. The number of allylic oxidation sites excluding steroid dienone is 4. The molecule has 0 saturated heterocycles. The summed E-state index contributed by atoms with van der Waals surface area (Å²) in [6, 6.07) is 15.1. The zero-order valence-electron chi connectivity index (χ0n) is 41.2. The number of aliphatic carboxylic acids is 1. The van der Waals surface area contributed by atoms with E-state index in [-0.39, 0.29) is 153 Å². The van der Waals surface area contributed by atoms with Crippen LogP contribution in [0.4, 0.5) is 22.7 Å². The van der Waals surface area contributed by atoms with Crippen LogP contribution in [-0.2, 0) is 39.9 Å². The summed E-state index contributed by atoms with van der Waals surface area (Å²) in [7, 11) is -12.1. The van der Waals surface area contributed by atoms with Crippen LogP contribution in [-0.4, -0.2) is 89.2 Å². The molecular weight excluding hydrogens is 1120 g/mol. The molecule has 0 bridgehead atoms. The van der Waals surface area contributed by atoms with Gasteiger partial charge in [-0.25, -0.2) is 25.3 Å². The standard InChI is InChI=1S/C44H34N8O18S3.4Na/c1-68-35-13-7-25(71(59,60)61)19-31(35)49-51-40-34(54)12-10-30(42(40)55)48-50-32-20-26(72(62,63)64)14-23-17-38(73(65,66)67)41(43(56)39(23)32)52-47-29-9-5-22(16-37(29)70-3)21-4-8-28(36(15-21)69-2)46-45-24-6-11-33(53)27(18-24)44(57)58;;;;/h4-20,46-47,49-50H,1-3H3,(H,57,58)(H,59,60,61)(H,62,63,64)(H,65,66,67);;;;/q;4*+1/p-4/b45-24-,48-30+,51-40+,52-41+;;;;. The van der Waals surface area contributed by atoms with Gasteiger partial charge in [0.25, 0.3) is 0 Å². The van der Waals surface area contributed by atoms with Gasteiger partial charge in [-0.05, 0) is 108 Å². The molecular formula is C44H30N8Na4O18S3. The molecule has 77 heavy (non-hydrogen) atoms. The topological polar surface area (TPSA) is 405 Å². The Labute approximate surface area is 524 Å². The van der Waals surface area contributed by atoms with Gasteiger partial charge in [-0.15, -0.1) is 0 Å². The number of benzene rings is 5. The molecule has 0 radical (unpaired) electrons. The van der Waals surface area contributed by atoms with Gasteiger partial charge < -0.3 is 37.8 Å². The molecule has 0 aliphatic heterocycles. The number of carbonyl (C=O) groups is 3. The van der Waals surface area contributed by atoms with Crippen molar-refractivity contribution < 1.29 is 191 Å². The number of fused-ring (bicyclic) bond motifs is 1. The average Bonchev–Trinajstić information content (AvgIpc) is 3.34. The van der Waals surface area contributed by atoms with E-state index in [9.17, 15) is 68.0 Å². The number of carboxylic acid groups (broad SMARTS) is 1. The van der Waals surface area contributed by atoms with E-state index in [0.29, 0.717) is 35.0 Å². The molecule has 4 N–H and O–H groups in total. The van der Waals surface area contributed by atoms with Gasteiger partial charge in [-0.1, -0.05) is 12.1 Å². The monoisotopic (exact) mass is 1150 g/mol. The summed E-state index contributed by atoms with van der Waals surface area (Å²) in [5.41, 5.74) is 5.34. The van der Waals surface area contributed by atoms with E-state index < -0.39 is 112 Å². The summed E-state index contributed by atoms with van der Waals surface area (Å²) in [5, 5.41) is 25.4. The third-order valence-corrected chi connectivity index (χ3v) is 12.8. The molecule has 0 heterocycles.